The van der Waals surface area contributed by atoms with Crippen molar-refractivity contribution < 1.29 is 28.6 Å². The van der Waals surface area contributed by atoms with Crippen molar-refractivity contribution in [3.8, 4) is 11.5 Å². The van der Waals surface area contributed by atoms with Gasteiger partial charge in [0.2, 0.25) is 11.3 Å². The van der Waals surface area contributed by atoms with Crippen LogP contribution in [-0.2, 0) is 16.1 Å². The number of thioether (sulfide) groups is 1. The first-order valence-corrected chi connectivity index (χ1v) is 10.2. The summed E-state index contributed by atoms with van der Waals surface area (Å²) in [5, 5.41) is -0.691. The molecule has 156 valence electrons. The summed E-state index contributed by atoms with van der Waals surface area (Å²) in [7, 11) is 1.55. The Labute approximate surface area is 177 Å². The highest BCUT2D eigenvalue weighted by Crippen LogP contribution is 2.30. The third kappa shape index (κ3) is 4.12. The van der Waals surface area contributed by atoms with Gasteiger partial charge in [-0.3, -0.25) is 19.3 Å². The van der Waals surface area contributed by atoms with Crippen LogP contribution in [0.3, 0.4) is 0 Å². The lowest BCUT2D eigenvalue weighted by molar-refractivity contribution is -0.130. The van der Waals surface area contributed by atoms with Crippen molar-refractivity contribution in [2.75, 3.05) is 27.0 Å². The van der Waals surface area contributed by atoms with E-state index in [1.807, 2.05) is 30.3 Å². The Morgan fingerprint density at radius 3 is 2.70 bits per heavy atom. The van der Waals surface area contributed by atoms with Crippen LogP contribution < -0.4 is 9.47 Å². The maximum atomic E-state index is 12.7. The second-order valence-corrected chi connectivity index (χ2v) is 7.68. The fourth-order valence-electron chi connectivity index (χ4n) is 3.25. The largest absolute Gasteiger partial charge is 0.497 e. The molecule has 8 nitrogen and oxygen atoms in total. The van der Waals surface area contributed by atoms with Crippen molar-refractivity contribution in [2.24, 2.45) is 0 Å². The summed E-state index contributed by atoms with van der Waals surface area (Å²) in [6.45, 7) is 0.675. The first-order valence-electron chi connectivity index (χ1n) is 9.35. The topological polar surface area (TPSA) is 85.4 Å². The van der Waals surface area contributed by atoms with Crippen LogP contribution in [0, 0.1) is 0 Å². The van der Waals surface area contributed by atoms with Gasteiger partial charge in [-0.25, -0.2) is 0 Å². The number of hydrogen-bond donors (Lipinski definition) is 0. The van der Waals surface area contributed by atoms with Gasteiger partial charge < -0.3 is 19.1 Å². The van der Waals surface area contributed by atoms with E-state index in [1.165, 1.54) is 9.80 Å². The number of nitrogens with zero attached hydrogens (tertiary/aromatic N) is 2. The first-order chi connectivity index (χ1) is 14.6. The van der Waals surface area contributed by atoms with Crippen LogP contribution in [0.25, 0.3) is 0 Å². The first kappa shape index (κ1) is 20.2. The van der Waals surface area contributed by atoms with Gasteiger partial charge in [0.15, 0.2) is 6.73 Å². The van der Waals surface area contributed by atoms with E-state index in [1.54, 1.807) is 25.3 Å². The van der Waals surface area contributed by atoms with Gasteiger partial charge in [0.05, 0.1) is 19.3 Å². The summed E-state index contributed by atoms with van der Waals surface area (Å²) < 4.78 is 16.5. The lowest BCUT2D eigenvalue weighted by atomic mass is 10.1. The van der Waals surface area contributed by atoms with Gasteiger partial charge in [0.1, 0.15) is 11.5 Å². The SMILES string of the molecule is COc1ccc2c(c1)OCN(CCOC1C(=O)SC(=O)N1Cc1ccccc1)C2=O. The van der Waals surface area contributed by atoms with Crippen molar-refractivity contribution in [3.63, 3.8) is 0 Å². The van der Waals surface area contributed by atoms with E-state index in [4.69, 9.17) is 14.2 Å². The number of carbonyl (C=O) groups excluding carboxylic acids is 3. The molecule has 0 aliphatic carbocycles. The zero-order chi connectivity index (χ0) is 21.1. The average Bonchev–Trinajstić information content (AvgIpc) is 3.02. The van der Waals surface area contributed by atoms with E-state index in [9.17, 15) is 14.4 Å². The van der Waals surface area contributed by atoms with E-state index in [-0.39, 0.29) is 42.7 Å². The smallest absolute Gasteiger partial charge is 0.292 e. The van der Waals surface area contributed by atoms with Crippen molar-refractivity contribution in [1.82, 2.24) is 9.80 Å². The number of ether oxygens (including phenoxy) is 3. The molecule has 0 aromatic heterocycles. The number of amides is 2. The molecule has 2 amide bonds. The number of benzene rings is 2. The molecule has 0 saturated carbocycles. The molecule has 2 aliphatic rings. The fraction of sp³-hybridized carbons (Fsp3) is 0.286. The van der Waals surface area contributed by atoms with Crippen LogP contribution in [0.15, 0.2) is 48.5 Å². The predicted octanol–water partition coefficient (Wildman–Crippen LogP) is 2.73. The summed E-state index contributed by atoms with van der Waals surface area (Å²) in [4.78, 5) is 40.0. The highest BCUT2D eigenvalue weighted by Gasteiger charge is 2.40. The average molecular weight is 428 g/mol. The number of rotatable bonds is 7. The van der Waals surface area contributed by atoms with Crippen LogP contribution in [0.1, 0.15) is 15.9 Å². The molecule has 0 N–H and O–H groups in total. The Hall–Kier alpha value is -3.04. The summed E-state index contributed by atoms with van der Waals surface area (Å²) in [6.07, 6.45) is -0.972. The lowest BCUT2D eigenvalue weighted by Crippen LogP contribution is -2.43. The standard InChI is InChI=1S/C21H20N2O6S/c1-27-15-7-8-16-17(11-15)29-13-22(18(16)24)9-10-28-19-20(25)30-21(26)23(19)12-14-5-3-2-4-6-14/h2-8,11,19H,9-10,12-13H2,1H3. The highest BCUT2D eigenvalue weighted by atomic mass is 32.2. The normalized spacial score (nSPS) is 18.4. The highest BCUT2D eigenvalue weighted by molar-refractivity contribution is 8.26. The Morgan fingerprint density at radius 1 is 1.13 bits per heavy atom. The molecule has 0 spiro atoms. The predicted molar refractivity (Wildman–Crippen MR) is 109 cm³/mol. The van der Waals surface area contributed by atoms with E-state index < -0.39 is 6.23 Å². The Kier molecular flexibility index (Phi) is 5.91. The minimum absolute atomic E-state index is 0.0718. The second kappa shape index (κ2) is 8.76. The molecule has 2 aliphatic heterocycles. The number of methoxy groups -OCH3 is 1. The molecule has 0 radical (unpaired) electrons. The van der Waals surface area contributed by atoms with E-state index >= 15 is 0 Å². The molecule has 2 aromatic carbocycles. The van der Waals surface area contributed by atoms with Crippen molar-refractivity contribution in [3.05, 3.63) is 59.7 Å². The van der Waals surface area contributed by atoms with Crippen LogP contribution in [0.5, 0.6) is 11.5 Å². The van der Waals surface area contributed by atoms with E-state index in [0.29, 0.717) is 28.8 Å². The minimum Gasteiger partial charge on any atom is -0.497 e. The van der Waals surface area contributed by atoms with Crippen molar-refractivity contribution in [2.45, 2.75) is 12.8 Å². The van der Waals surface area contributed by atoms with E-state index in [0.717, 1.165) is 5.56 Å². The summed E-state index contributed by atoms with van der Waals surface area (Å²) in [5.41, 5.74) is 1.34. The van der Waals surface area contributed by atoms with Gasteiger partial charge in [0.25, 0.3) is 11.1 Å². The molecular weight excluding hydrogens is 408 g/mol. The second-order valence-electron chi connectivity index (χ2n) is 6.73. The zero-order valence-electron chi connectivity index (χ0n) is 16.3. The van der Waals surface area contributed by atoms with Gasteiger partial charge in [0, 0.05) is 30.9 Å². The van der Waals surface area contributed by atoms with Crippen molar-refractivity contribution >= 4 is 28.0 Å². The number of hydrogen-bond acceptors (Lipinski definition) is 7. The molecule has 1 unspecified atom stereocenters. The van der Waals surface area contributed by atoms with Crippen LogP contribution in [-0.4, -0.2) is 59.3 Å². The van der Waals surface area contributed by atoms with Gasteiger partial charge in [-0.1, -0.05) is 30.3 Å². The molecule has 1 atom stereocenters. The monoisotopic (exact) mass is 428 g/mol. The quantitative estimate of drug-likeness (QED) is 0.670. The molecule has 9 heteroatoms. The Bertz CT molecular complexity index is 967. The molecule has 30 heavy (non-hydrogen) atoms. The molecular formula is C21H20N2O6S. The number of fused-ring (bicyclic) bond motifs is 1. The molecule has 0 bridgehead atoms. The zero-order valence-corrected chi connectivity index (χ0v) is 17.1. The van der Waals surface area contributed by atoms with Crippen molar-refractivity contribution in [1.29, 1.82) is 0 Å². The summed E-state index contributed by atoms with van der Waals surface area (Å²) in [6, 6.07) is 14.4. The van der Waals surface area contributed by atoms with Gasteiger partial charge in [-0.05, 0) is 17.7 Å². The summed E-state index contributed by atoms with van der Waals surface area (Å²) >= 11 is 0.643. The molecule has 2 heterocycles. The van der Waals surface area contributed by atoms with E-state index in [2.05, 4.69) is 0 Å². The van der Waals surface area contributed by atoms with Crippen LogP contribution in [0.2, 0.25) is 0 Å². The van der Waals surface area contributed by atoms with Gasteiger partial charge >= 0.3 is 0 Å². The third-order valence-electron chi connectivity index (χ3n) is 4.82. The maximum Gasteiger partial charge on any atom is 0.292 e. The molecule has 4 rings (SSSR count). The molecule has 1 saturated heterocycles. The Morgan fingerprint density at radius 2 is 1.93 bits per heavy atom. The maximum absolute atomic E-state index is 12.7. The van der Waals surface area contributed by atoms with Crippen LogP contribution in [0.4, 0.5) is 4.79 Å². The van der Waals surface area contributed by atoms with Gasteiger partial charge in [-0.15, -0.1) is 0 Å². The lowest BCUT2D eigenvalue weighted by Gasteiger charge is -2.29. The fourth-order valence-corrected chi connectivity index (χ4v) is 3.99. The Balaban J connectivity index is 1.36. The summed E-state index contributed by atoms with van der Waals surface area (Å²) in [5.74, 6) is 0.893. The number of carbonyl (C=O) groups is 3. The molecule has 1 fully saturated rings. The molecule has 2 aromatic rings. The minimum atomic E-state index is -0.972. The third-order valence-corrected chi connectivity index (χ3v) is 5.63. The van der Waals surface area contributed by atoms with Crippen LogP contribution >= 0.6 is 11.8 Å². The van der Waals surface area contributed by atoms with Gasteiger partial charge in [-0.2, -0.15) is 0 Å².